The summed E-state index contributed by atoms with van der Waals surface area (Å²) >= 11 is 0. The highest BCUT2D eigenvalue weighted by Gasteiger charge is 2.43. The van der Waals surface area contributed by atoms with Gasteiger partial charge in [-0.2, -0.15) is 4.98 Å². The van der Waals surface area contributed by atoms with Crippen LogP contribution in [0.1, 0.15) is 31.2 Å². The number of benzene rings is 1. The Morgan fingerprint density at radius 3 is 2.75 bits per heavy atom. The number of ether oxygens (including phenoxy) is 1. The topological polar surface area (TPSA) is 74.2 Å². The average Bonchev–Trinajstić information content (AvgIpc) is 3.16. The molecule has 1 saturated carbocycles. The van der Waals surface area contributed by atoms with Crippen LogP contribution >= 0.6 is 0 Å². The molecule has 3 rings (SSSR count). The Kier molecular flexibility index (Phi) is 3.01. The number of nitrogens with zero attached hydrogens (tertiary/aromatic N) is 2. The fraction of sp³-hybridized carbons (Fsp3) is 0.467. The maximum atomic E-state index is 6.29. The van der Waals surface area contributed by atoms with Crippen LogP contribution in [0, 0.1) is 12.8 Å². The Bertz CT molecular complexity index is 630. The van der Waals surface area contributed by atoms with Crippen LogP contribution in [0.2, 0.25) is 0 Å². The second-order valence-corrected chi connectivity index (χ2v) is 5.66. The van der Waals surface area contributed by atoms with Gasteiger partial charge in [-0.05, 0) is 56.4 Å². The van der Waals surface area contributed by atoms with Gasteiger partial charge in [0.05, 0.1) is 12.6 Å². The second-order valence-electron chi connectivity index (χ2n) is 5.66. The normalized spacial score (nSPS) is 17.8. The largest absolute Gasteiger partial charge is 0.496 e. The summed E-state index contributed by atoms with van der Waals surface area (Å²) in [6.07, 6.45) is 2.26. The predicted molar refractivity (Wildman–Crippen MR) is 75.3 cm³/mol. The van der Waals surface area contributed by atoms with Crippen molar-refractivity contribution >= 4 is 0 Å². The van der Waals surface area contributed by atoms with Gasteiger partial charge in [0.1, 0.15) is 5.75 Å². The van der Waals surface area contributed by atoms with Gasteiger partial charge in [0, 0.05) is 5.56 Å². The molecule has 1 atom stereocenters. The molecule has 1 unspecified atom stereocenters. The van der Waals surface area contributed by atoms with Crippen LogP contribution in [0.3, 0.4) is 0 Å². The van der Waals surface area contributed by atoms with Gasteiger partial charge >= 0.3 is 0 Å². The van der Waals surface area contributed by atoms with E-state index in [1.165, 1.54) is 0 Å². The van der Waals surface area contributed by atoms with E-state index < -0.39 is 5.54 Å². The number of aryl methyl sites for hydroxylation is 1. The van der Waals surface area contributed by atoms with E-state index in [0.717, 1.165) is 29.7 Å². The zero-order valence-electron chi connectivity index (χ0n) is 12.0. The summed E-state index contributed by atoms with van der Waals surface area (Å²) in [6, 6.07) is 5.81. The first-order chi connectivity index (χ1) is 9.52. The second kappa shape index (κ2) is 4.59. The summed E-state index contributed by atoms with van der Waals surface area (Å²) in [5, 5.41) is 4.05. The van der Waals surface area contributed by atoms with Crippen molar-refractivity contribution in [2.75, 3.05) is 7.11 Å². The number of nitrogens with two attached hydrogens (primary N) is 1. The zero-order valence-corrected chi connectivity index (χ0v) is 12.0. The molecule has 1 aliphatic rings. The third kappa shape index (κ3) is 2.18. The molecule has 20 heavy (non-hydrogen) atoms. The molecule has 1 aliphatic carbocycles. The molecule has 0 aliphatic heterocycles. The van der Waals surface area contributed by atoms with Crippen LogP contribution in [-0.2, 0) is 5.54 Å². The van der Waals surface area contributed by atoms with Gasteiger partial charge in [0.2, 0.25) is 11.7 Å². The molecule has 0 amide bonds. The molecule has 2 N–H and O–H groups in total. The van der Waals surface area contributed by atoms with Crippen molar-refractivity contribution in [1.29, 1.82) is 0 Å². The van der Waals surface area contributed by atoms with E-state index in [0.29, 0.717) is 17.6 Å². The highest BCUT2D eigenvalue weighted by atomic mass is 16.5. The van der Waals surface area contributed by atoms with Crippen LogP contribution in [0.25, 0.3) is 11.4 Å². The predicted octanol–water partition coefficient (Wildman–Crippen LogP) is 2.64. The van der Waals surface area contributed by atoms with Gasteiger partial charge in [0.15, 0.2) is 0 Å². The molecule has 1 heterocycles. The molecule has 106 valence electrons. The maximum Gasteiger partial charge on any atom is 0.247 e. The smallest absolute Gasteiger partial charge is 0.247 e. The van der Waals surface area contributed by atoms with E-state index in [1.807, 2.05) is 32.0 Å². The molecule has 2 aromatic rings. The number of rotatable bonds is 4. The third-order valence-corrected chi connectivity index (χ3v) is 3.97. The van der Waals surface area contributed by atoms with Gasteiger partial charge in [-0.15, -0.1) is 0 Å². The number of hydrogen-bond donors (Lipinski definition) is 1. The molecule has 0 radical (unpaired) electrons. The van der Waals surface area contributed by atoms with Crippen LogP contribution in [0.5, 0.6) is 5.75 Å². The lowest BCUT2D eigenvalue weighted by molar-refractivity contribution is 0.273. The number of hydrogen-bond acceptors (Lipinski definition) is 5. The molecule has 5 nitrogen and oxygen atoms in total. The minimum absolute atomic E-state index is 0.452. The minimum Gasteiger partial charge on any atom is -0.496 e. The molecular weight excluding hydrogens is 254 g/mol. The van der Waals surface area contributed by atoms with Crippen molar-refractivity contribution < 1.29 is 9.26 Å². The Hall–Kier alpha value is -1.88. The first kappa shape index (κ1) is 13.1. The lowest BCUT2D eigenvalue weighted by Crippen LogP contribution is -2.35. The molecule has 1 fully saturated rings. The van der Waals surface area contributed by atoms with Crippen LogP contribution in [-0.4, -0.2) is 17.3 Å². The van der Waals surface area contributed by atoms with Crippen LogP contribution < -0.4 is 10.5 Å². The van der Waals surface area contributed by atoms with E-state index in [9.17, 15) is 0 Å². The highest BCUT2D eigenvalue weighted by Crippen LogP contribution is 2.43. The molecular formula is C15H19N3O2. The van der Waals surface area contributed by atoms with Gasteiger partial charge in [-0.1, -0.05) is 5.16 Å². The quantitative estimate of drug-likeness (QED) is 0.927. The fourth-order valence-corrected chi connectivity index (χ4v) is 2.43. The van der Waals surface area contributed by atoms with Crippen LogP contribution in [0.15, 0.2) is 22.7 Å². The average molecular weight is 273 g/mol. The monoisotopic (exact) mass is 273 g/mol. The molecule has 1 aromatic heterocycles. The Labute approximate surface area is 118 Å². The van der Waals surface area contributed by atoms with Crippen molar-refractivity contribution in [2.45, 2.75) is 32.2 Å². The maximum absolute atomic E-state index is 6.29. The lowest BCUT2D eigenvalue weighted by Gasteiger charge is -2.18. The molecule has 5 heteroatoms. The molecule has 1 aromatic carbocycles. The van der Waals surface area contributed by atoms with E-state index >= 15 is 0 Å². The van der Waals surface area contributed by atoms with Crippen molar-refractivity contribution in [3.63, 3.8) is 0 Å². The van der Waals surface area contributed by atoms with Gasteiger partial charge in [0.25, 0.3) is 0 Å². The van der Waals surface area contributed by atoms with E-state index in [1.54, 1.807) is 7.11 Å². The molecule has 0 spiro atoms. The zero-order chi connectivity index (χ0) is 14.3. The lowest BCUT2D eigenvalue weighted by atomic mass is 9.97. The van der Waals surface area contributed by atoms with E-state index in [4.69, 9.17) is 15.0 Å². The SMILES string of the molecule is COc1ccc(-c2noc(C(C)(N)C3CC3)n2)cc1C. The molecule has 0 bridgehead atoms. The van der Waals surface area contributed by atoms with Gasteiger partial charge in [-0.25, -0.2) is 0 Å². The Balaban J connectivity index is 1.92. The van der Waals surface area contributed by atoms with E-state index in [2.05, 4.69) is 10.1 Å². The summed E-state index contributed by atoms with van der Waals surface area (Å²) in [5.41, 5.74) is 7.72. The summed E-state index contributed by atoms with van der Waals surface area (Å²) < 4.78 is 10.6. The summed E-state index contributed by atoms with van der Waals surface area (Å²) in [6.45, 7) is 3.95. The van der Waals surface area contributed by atoms with Crippen molar-refractivity contribution in [1.82, 2.24) is 10.1 Å². The van der Waals surface area contributed by atoms with Gasteiger partial charge < -0.3 is 15.0 Å². The number of aromatic nitrogens is 2. The summed E-state index contributed by atoms with van der Waals surface area (Å²) in [7, 11) is 1.66. The third-order valence-electron chi connectivity index (χ3n) is 3.97. The first-order valence-corrected chi connectivity index (χ1v) is 6.80. The highest BCUT2D eigenvalue weighted by molar-refractivity contribution is 5.58. The Morgan fingerprint density at radius 1 is 1.40 bits per heavy atom. The van der Waals surface area contributed by atoms with Crippen molar-refractivity contribution in [2.24, 2.45) is 11.7 Å². The van der Waals surface area contributed by atoms with Crippen molar-refractivity contribution in [3.05, 3.63) is 29.7 Å². The number of methoxy groups -OCH3 is 1. The summed E-state index contributed by atoms with van der Waals surface area (Å²) in [5.74, 6) is 2.39. The fourth-order valence-electron chi connectivity index (χ4n) is 2.43. The standard InChI is InChI=1S/C15H19N3O2/c1-9-8-10(4-7-12(9)19-3)13-17-14(20-18-13)15(2,16)11-5-6-11/h4,7-8,11H,5-6,16H2,1-3H3. The van der Waals surface area contributed by atoms with E-state index in [-0.39, 0.29) is 0 Å². The summed E-state index contributed by atoms with van der Waals surface area (Å²) in [4.78, 5) is 4.47. The first-order valence-electron chi connectivity index (χ1n) is 6.80. The molecule has 0 saturated heterocycles. The van der Waals surface area contributed by atoms with Gasteiger partial charge in [-0.3, -0.25) is 0 Å². The van der Waals surface area contributed by atoms with Crippen molar-refractivity contribution in [3.8, 4) is 17.1 Å². The Morgan fingerprint density at radius 2 is 2.15 bits per heavy atom. The minimum atomic E-state index is -0.521. The van der Waals surface area contributed by atoms with Crippen LogP contribution in [0.4, 0.5) is 0 Å².